The van der Waals surface area contributed by atoms with Crippen LogP contribution in [0, 0.1) is 0 Å². The van der Waals surface area contributed by atoms with Gasteiger partial charge in [0, 0.05) is 37.2 Å². The first-order chi connectivity index (χ1) is 16.2. The lowest BCUT2D eigenvalue weighted by Gasteiger charge is -2.26. The quantitative estimate of drug-likeness (QED) is 0.460. The van der Waals surface area contributed by atoms with Crippen LogP contribution in [0.15, 0.2) is 47.2 Å². The van der Waals surface area contributed by atoms with Gasteiger partial charge in [-0.2, -0.15) is 4.98 Å². The highest BCUT2D eigenvalue weighted by atomic mass is 16.7. The zero-order chi connectivity index (χ0) is 22.2. The van der Waals surface area contributed by atoms with Crippen LogP contribution >= 0.6 is 0 Å². The maximum absolute atomic E-state index is 12.4. The first kappa shape index (κ1) is 19.7. The van der Waals surface area contributed by atoms with Crippen LogP contribution < -0.4 is 9.47 Å². The Morgan fingerprint density at radius 3 is 2.76 bits per heavy atom. The molecule has 0 bridgehead atoms. The standard InChI is InChI=1S/C23H21N5O5/c29-21(27-7-9-30-10-8-27)5-6-28-13-24-17-11-15(1-3-18(17)28)22-25-23(33-26-22)16-2-4-19-20(12-16)32-14-31-19/h1-4,11-13H,5-10,14H2. The number of benzene rings is 2. The second kappa shape index (κ2) is 8.21. The van der Waals surface area contributed by atoms with Crippen LogP contribution in [-0.2, 0) is 16.1 Å². The van der Waals surface area contributed by atoms with Crippen molar-refractivity contribution in [3.63, 3.8) is 0 Å². The van der Waals surface area contributed by atoms with E-state index in [2.05, 4.69) is 15.1 Å². The number of nitrogens with zero attached hydrogens (tertiary/aromatic N) is 5. The van der Waals surface area contributed by atoms with Gasteiger partial charge in [0.25, 0.3) is 5.89 Å². The Kier molecular flexibility index (Phi) is 4.91. The molecule has 2 aromatic heterocycles. The number of aryl methyl sites for hydroxylation is 1. The molecule has 0 aliphatic carbocycles. The zero-order valence-corrected chi connectivity index (χ0v) is 17.8. The summed E-state index contributed by atoms with van der Waals surface area (Å²) in [5.41, 5.74) is 3.31. The van der Waals surface area contributed by atoms with Crippen molar-refractivity contribution in [2.45, 2.75) is 13.0 Å². The fraction of sp³-hybridized carbons (Fsp3) is 0.304. The summed E-state index contributed by atoms with van der Waals surface area (Å²) >= 11 is 0. The third-order valence-electron chi connectivity index (χ3n) is 5.86. The average molecular weight is 447 g/mol. The molecule has 1 amide bonds. The monoisotopic (exact) mass is 447 g/mol. The van der Waals surface area contributed by atoms with Crippen LogP contribution in [0.2, 0.25) is 0 Å². The molecule has 2 aliphatic rings. The number of aromatic nitrogens is 4. The van der Waals surface area contributed by atoms with Gasteiger partial charge in [-0.1, -0.05) is 5.16 Å². The van der Waals surface area contributed by atoms with E-state index in [4.69, 9.17) is 18.7 Å². The van der Waals surface area contributed by atoms with Crippen molar-refractivity contribution in [3.8, 4) is 34.3 Å². The van der Waals surface area contributed by atoms with E-state index in [1.165, 1.54) is 0 Å². The van der Waals surface area contributed by atoms with Gasteiger partial charge < -0.3 is 28.2 Å². The van der Waals surface area contributed by atoms with E-state index >= 15 is 0 Å². The maximum Gasteiger partial charge on any atom is 0.258 e. The van der Waals surface area contributed by atoms with Crippen molar-refractivity contribution in [2.24, 2.45) is 0 Å². The molecule has 0 saturated carbocycles. The lowest BCUT2D eigenvalue weighted by Crippen LogP contribution is -2.40. The van der Waals surface area contributed by atoms with Crippen molar-refractivity contribution >= 4 is 16.9 Å². The number of imidazole rings is 1. The van der Waals surface area contributed by atoms with Crippen LogP contribution in [0.5, 0.6) is 11.5 Å². The second-order valence-corrected chi connectivity index (χ2v) is 7.88. The van der Waals surface area contributed by atoms with Crippen LogP contribution in [0.25, 0.3) is 33.9 Å². The molecule has 0 N–H and O–H groups in total. The third kappa shape index (κ3) is 3.78. The second-order valence-electron chi connectivity index (χ2n) is 7.88. The number of rotatable bonds is 5. The van der Waals surface area contributed by atoms with Crippen molar-refractivity contribution in [2.75, 3.05) is 33.1 Å². The molecule has 10 nitrogen and oxygen atoms in total. The SMILES string of the molecule is O=C(CCn1cnc2cc(-c3noc(-c4ccc5c(c4)OCO5)n3)ccc21)N1CCOCC1. The normalized spacial score (nSPS) is 15.3. The molecule has 4 heterocycles. The van der Waals surface area contributed by atoms with E-state index in [1.807, 2.05) is 45.9 Å². The van der Waals surface area contributed by atoms with Gasteiger partial charge in [0.1, 0.15) is 0 Å². The predicted octanol–water partition coefficient (Wildman–Crippen LogP) is 2.73. The summed E-state index contributed by atoms with van der Waals surface area (Å²) in [7, 11) is 0. The highest BCUT2D eigenvalue weighted by molar-refractivity contribution is 5.81. The molecule has 0 atom stereocenters. The Balaban J connectivity index is 1.18. The molecule has 4 aromatic rings. The molecule has 2 aliphatic heterocycles. The summed E-state index contributed by atoms with van der Waals surface area (Å²) in [6.07, 6.45) is 2.19. The Morgan fingerprint density at radius 2 is 1.85 bits per heavy atom. The third-order valence-corrected chi connectivity index (χ3v) is 5.86. The molecule has 1 saturated heterocycles. The first-order valence-electron chi connectivity index (χ1n) is 10.8. The molecule has 0 spiro atoms. The van der Waals surface area contributed by atoms with E-state index in [0.717, 1.165) is 22.2 Å². The van der Waals surface area contributed by atoms with Gasteiger partial charge in [-0.15, -0.1) is 0 Å². The molecule has 0 radical (unpaired) electrons. The molecule has 2 aromatic carbocycles. The van der Waals surface area contributed by atoms with Gasteiger partial charge in [0.2, 0.25) is 18.5 Å². The Labute approximate surface area is 188 Å². The minimum absolute atomic E-state index is 0.139. The summed E-state index contributed by atoms with van der Waals surface area (Å²) < 4.78 is 23.5. The highest BCUT2D eigenvalue weighted by Gasteiger charge is 2.19. The van der Waals surface area contributed by atoms with Crippen molar-refractivity contribution in [1.29, 1.82) is 0 Å². The van der Waals surface area contributed by atoms with Gasteiger partial charge in [-0.25, -0.2) is 4.98 Å². The molecule has 33 heavy (non-hydrogen) atoms. The van der Waals surface area contributed by atoms with Gasteiger partial charge in [-0.3, -0.25) is 4.79 Å². The van der Waals surface area contributed by atoms with E-state index in [0.29, 0.717) is 62.5 Å². The summed E-state index contributed by atoms with van der Waals surface area (Å²) in [6, 6.07) is 11.3. The Hall–Kier alpha value is -3.92. The molecule has 10 heteroatoms. The number of amides is 1. The topological polar surface area (TPSA) is 105 Å². The van der Waals surface area contributed by atoms with E-state index in [1.54, 1.807) is 6.33 Å². The summed E-state index contributed by atoms with van der Waals surface area (Å²) in [5, 5.41) is 4.13. The molecular formula is C23H21N5O5. The lowest BCUT2D eigenvalue weighted by atomic mass is 10.2. The van der Waals surface area contributed by atoms with Gasteiger partial charge in [0.15, 0.2) is 11.5 Å². The van der Waals surface area contributed by atoms with Gasteiger partial charge in [-0.05, 0) is 36.4 Å². The predicted molar refractivity (Wildman–Crippen MR) is 117 cm³/mol. The number of ether oxygens (including phenoxy) is 3. The minimum atomic E-state index is 0.139. The fourth-order valence-corrected chi connectivity index (χ4v) is 4.06. The lowest BCUT2D eigenvalue weighted by molar-refractivity contribution is -0.135. The highest BCUT2D eigenvalue weighted by Crippen LogP contribution is 2.36. The smallest absolute Gasteiger partial charge is 0.258 e. The molecule has 6 rings (SSSR count). The number of hydrogen-bond acceptors (Lipinski definition) is 8. The van der Waals surface area contributed by atoms with Crippen LogP contribution in [0.1, 0.15) is 6.42 Å². The number of morpholine rings is 1. The van der Waals surface area contributed by atoms with E-state index < -0.39 is 0 Å². The Bertz CT molecular complexity index is 1320. The van der Waals surface area contributed by atoms with Crippen molar-refractivity contribution < 1.29 is 23.5 Å². The van der Waals surface area contributed by atoms with Crippen LogP contribution in [0.4, 0.5) is 0 Å². The van der Waals surface area contributed by atoms with Crippen molar-refractivity contribution in [3.05, 3.63) is 42.7 Å². The van der Waals surface area contributed by atoms with E-state index in [9.17, 15) is 4.79 Å². The molecule has 0 unspecified atom stereocenters. The van der Waals surface area contributed by atoms with Crippen LogP contribution in [0.3, 0.4) is 0 Å². The molecule has 168 valence electrons. The number of carbonyl (C=O) groups is 1. The average Bonchev–Trinajstić information content (AvgIpc) is 3.61. The first-order valence-corrected chi connectivity index (χ1v) is 10.8. The van der Waals surface area contributed by atoms with E-state index in [-0.39, 0.29) is 12.7 Å². The Morgan fingerprint density at radius 1 is 1.00 bits per heavy atom. The van der Waals surface area contributed by atoms with Gasteiger partial charge >= 0.3 is 0 Å². The number of fused-ring (bicyclic) bond motifs is 2. The van der Waals surface area contributed by atoms with Crippen LogP contribution in [-0.4, -0.2) is 63.6 Å². The zero-order valence-electron chi connectivity index (χ0n) is 17.8. The number of carbonyl (C=O) groups excluding carboxylic acids is 1. The summed E-state index contributed by atoms with van der Waals surface area (Å²) in [4.78, 5) is 23.3. The number of hydrogen-bond donors (Lipinski definition) is 0. The molecule has 1 fully saturated rings. The largest absolute Gasteiger partial charge is 0.454 e. The summed E-state index contributed by atoms with van der Waals surface area (Å²) in [6.45, 7) is 3.31. The van der Waals surface area contributed by atoms with Gasteiger partial charge in [0.05, 0.1) is 30.6 Å². The maximum atomic E-state index is 12.4. The van der Waals surface area contributed by atoms with Crippen molar-refractivity contribution in [1.82, 2.24) is 24.6 Å². The fourth-order valence-electron chi connectivity index (χ4n) is 4.06. The minimum Gasteiger partial charge on any atom is -0.454 e. The summed E-state index contributed by atoms with van der Waals surface area (Å²) in [5.74, 6) is 2.37. The molecular weight excluding hydrogens is 426 g/mol.